The Morgan fingerprint density at radius 2 is 1.82 bits per heavy atom. The lowest BCUT2D eigenvalue weighted by Crippen LogP contribution is -1.94. The molecule has 0 aliphatic rings. The molecule has 0 spiro atoms. The van der Waals surface area contributed by atoms with E-state index in [1.165, 1.54) is 0 Å². The van der Waals surface area contributed by atoms with Crippen LogP contribution < -0.4 is 5.73 Å². The van der Waals surface area contributed by atoms with Gasteiger partial charge in [0.2, 0.25) is 0 Å². The largest absolute Gasteiger partial charge is 0.397 e. The van der Waals surface area contributed by atoms with Crippen LogP contribution in [0.25, 0.3) is 0 Å². The third-order valence-corrected chi connectivity index (χ3v) is 2.68. The molecule has 0 fully saturated rings. The maximum absolute atomic E-state index is 10.5. The van der Waals surface area contributed by atoms with Crippen LogP contribution in [-0.2, 0) is 0 Å². The molecule has 0 aromatic heterocycles. The molecule has 0 aliphatic carbocycles. The second kappa shape index (κ2) is 3.36. The Morgan fingerprint density at radius 1 is 1.27 bits per heavy atom. The molecule has 0 heterocycles. The van der Waals surface area contributed by atoms with Gasteiger partial charge in [-0.25, -0.2) is 0 Å². The number of benzene rings is 1. The van der Waals surface area contributed by atoms with Crippen LogP contribution >= 0.6 is 31.9 Å². The minimum atomic E-state index is 0.467. The van der Waals surface area contributed by atoms with Gasteiger partial charge in [-0.3, -0.25) is 4.79 Å². The van der Waals surface area contributed by atoms with Crippen LogP contribution in [0.2, 0.25) is 0 Å². The quantitative estimate of drug-likeness (QED) is 0.634. The van der Waals surface area contributed by atoms with Gasteiger partial charge in [-0.05, 0) is 44.0 Å². The molecule has 2 N–H and O–H groups in total. The summed E-state index contributed by atoms with van der Waals surface area (Å²) < 4.78 is 1.45. The average molecular weight is 279 g/mol. The number of nitrogens with two attached hydrogens (primary N) is 1. The minimum absolute atomic E-state index is 0.467. The Hall–Kier alpha value is -0.350. The molecule has 2 nitrogen and oxygen atoms in total. The minimum Gasteiger partial charge on any atom is -0.397 e. The lowest BCUT2D eigenvalue weighted by Gasteiger charge is -2.02. The fourth-order valence-corrected chi connectivity index (χ4v) is 1.49. The van der Waals surface area contributed by atoms with E-state index in [0.29, 0.717) is 15.7 Å². The number of hydrogen-bond donors (Lipinski definition) is 1. The number of anilines is 1. The number of halogens is 2. The van der Waals surface area contributed by atoms with Gasteiger partial charge >= 0.3 is 0 Å². The zero-order chi connectivity index (χ0) is 8.43. The predicted octanol–water partition coefficient (Wildman–Crippen LogP) is 2.61. The Balaban J connectivity index is 3.40. The van der Waals surface area contributed by atoms with Crippen molar-refractivity contribution < 1.29 is 4.79 Å². The van der Waals surface area contributed by atoms with E-state index in [9.17, 15) is 4.79 Å². The lowest BCUT2D eigenvalue weighted by molar-refractivity contribution is 0.112. The Bertz CT molecular complexity index is 299. The summed E-state index contributed by atoms with van der Waals surface area (Å²) in [5.74, 6) is 0. The standard InChI is InChI=1S/C7H5Br2NO/c8-5-1-2-6(9)7(10)4(5)3-11/h1-3H,10H2. The van der Waals surface area contributed by atoms with Crippen molar-refractivity contribution in [1.29, 1.82) is 0 Å². The summed E-state index contributed by atoms with van der Waals surface area (Å²) in [5, 5.41) is 0. The summed E-state index contributed by atoms with van der Waals surface area (Å²) in [5.41, 5.74) is 6.54. The number of hydrogen-bond acceptors (Lipinski definition) is 2. The third kappa shape index (κ3) is 1.62. The molecule has 1 aromatic rings. The summed E-state index contributed by atoms with van der Waals surface area (Å²) in [7, 11) is 0. The first-order valence-electron chi connectivity index (χ1n) is 2.85. The highest BCUT2D eigenvalue weighted by molar-refractivity contribution is 9.11. The highest BCUT2D eigenvalue weighted by Gasteiger charge is 2.05. The van der Waals surface area contributed by atoms with Crippen molar-refractivity contribution in [1.82, 2.24) is 0 Å². The molecule has 4 heteroatoms. The number of rotatable bonds is 1. The smallest absolute Gasteiger partial charge is 0.153 e. The summed E-state index contributed by atoms with van der Waals surface area (Å²) in [6, 6.07) is 3.55. The van der Waals surface area contributed by atoms with Crippen molar-refractivity contribution in [2.75, 3.05) is 5.73 Å². The van der Waals surface area contributed by atoms with Gasteiger partial charge in [0.1, 0.15) is 0 Å². The van der Waals surface area contributed by atoms with Crippen LogP contribution in [0.3, 0.4) is 0 Å². The fraction of sp³-hybridized carbons (Fsp3) is 0. The molecule has 0 atom stereocenters. The van der Waals surface area contributed by atoms with Gasteiger partial charge in [-0.1, -0.05) is 0 Å². The van der Waals surface area contributed by atoms with Crippen LogP contribution in [0.15, 0.2) is 21.1 Å². The lowest BCUT2D eigenvalue weighted by atomic mass is 10.2. The molecule has 0 saturated carbocycles. The van der Waals surface area contributed by atoms with Crippen molar-refractivity contribution in [2.45, 2.75) is 0 Å². The van der Waals surface area contributed by atoms with Gasteiger partial charge < -0.3 is 5.73 Å². The Morgan fingerprint density at radius 3 is 2.27 bits per heavy atom. The van der Waals surface area contributed by atoms with Gasteiger partial charge in [0.05, 0.1) is 11.3 Å². The topological polar surface area (TPSA) is 43.1 Å². The molecule has 58 valence electrons. The van der Waals surface area contributed by atoms with Crippen molar-refractivity contribution >= 4 is 43.8 Å². The van der Waals surface area contributed by atoms with Crippen LogP contribution in [-0.4, -0.2) is 6.29 Å². The molecule has 0 unspecified atom stereocenters. The zero-order valence-corrected chi connectivity index (χ0v) is 8.65. The van der Waals surface area contributed by atoms with E-state index < -0.39 is 0 Å². The fourth-order valence-electron chi connectivity index (χ4n) is 0.703. The summed E-state index contributed by atoms with van der Waals surface area (Å²) >= 11 is 6.43. The molecule has 0 aliphatic heterocycles. The number of carbonyl (C=O) groups is 1. The first kappa shape index (κ1) is 8.74. The van der Waals surface area contributed by atoms with E-state index >= 15 is 0 Å². The van der Waals surface area contributed by atoms with Crippen molar-refractivity contribution in [2.24, 2.45) is 0 Å². The number of carbonyl (C=O) groups excluding carboxylic acids is 1. The predicted molar refractivity (Wildman–Crippen MR) is 51.6 cm³/mol. The van der Waals surface area contributed by atoms with Gasteiger partial charge in [-0.15, -0.1) is 0 Å². The van der Waals surface area contributed by atoms with E-state index in [1.807, 2.05) is 0 Å². The van der Waals surface area contributed by atoms with E-state index in [2.05, 4.69) is 31.9 Å². The monoisotopic (exact) mass is 277 g/mol. The van der Waals surface area contributed by atoms with Crippen LogP contribution in [0.5, 0.6) is 0 Å². The first-order chi connectivity index (χ1) is 5.16. The Kier molecular flexibility index (Phi) is 2.67. The van der Waals surface area contributed by atoms with Crippen LogP contribution in [0, 0.1) is 0 Å². The summed E-state index contributed by atoms with van der Waals surface area (Å²) in [4.78, 5) is 10.5. The molecule has 1 rings (SSSR count). The van der Waals surface area contributed by atoms with E-state index in [-0.39, 0.29) is 0 Å². The van der Waals surface area contributed by atoms with Crippen molar-refractivity contribution in [3.8, 4) is 0 Å². The highest BCUT2D eigenvalue weighted by Crippen LogP contribution is 2.28. The molecule has 0 saturated heterocycles. The van der Waals surface area contributed by atoms with Crippen LogP contribution in [0.4, 0.5) is 5.69 Å². The first-order valence-corrected chi connectivity index (χ1v) is 4.44. The van der Waals surface area contributed by atoms with Gasteiger partial charge in [0.25, 0.3) is 0 Å². The molecular formula is C7H5Br2NO. The SMILES string of the molecule is Nc1c(Br)ccc(Br)c1C=O. The van der Waals surface area contributed by atoms with Gasteiger partial charge in [-0.2, -0.15) is 0 Å². The maximum Gasteiger partial charge on any atom is 0.153 e. The maximum atomic E-state index is 10.5. The molecule has 11 heavy (non-hydrogen) atoms. The zero-order valence-electron chi connectivity index (χ0n) is 5.47. The molecule has 0 bridgehead atoms. The van der Waals surface area contributed by atoms with E-state index in [0.717, 1.165) is 10.8 Å². The van der Waals surface area contributed by atoms with Crippen molar-refractivity contribution in [3.63, 3.8) is 0 Å². The van der Waals surface area contributed by atoms with Gasteiger partial charge in [0, 0.05) is 8.95 Å². The molecule has 0 amide bonds. The third-order valence-electron chi connectivity index (χ3n) is 1.30. The second-order valence-corrected chi connectivity index (χ2v) is 3.68. The van der Waals surface area contributed by atoms with Gasteiger partial charge in [0.15, 0.2) is 6.29 Å². The Labute approximate surface area is 81.0 Å². The second-order valence-electron chi connectivity index (χ2n) is 1.97. The normalized spacial score (nSPS) is 9.64. The average Bonchev–Trinajstić information content (AvgIpc) is 1.99. The molecule has 0 radical (unpaired) electrons. The number of aldehydes is 1. The highest BCUT2D eigenvalue weighted by atomic mass is 79.9. The van der Waals surface area contributed by atoms with E-state index in [4.69, 9.17) is 5.73 Å². The summed E-state index contributed by atoms with van der Waals surface area (Å²) in [6.45, 7) is 0. The molecular weight excluding hydrogens is 274 g/mol. The van der Waals surface area contributed by atoms with E-state index in [1.54, 1.807) is 12.1 Å². The molecule has 1 aromatic carbocycles. The van der Waals surface area contributed by atoms with Crippen molar-refractivity contribution in [3.05, 3.63) is 26.6 Å². The van der Waals surface area contributed by atoms with Crippen LogP contribution in [0.1, 0.15) is 10.4 Å². The number of nitrogen functional groups attached to an aromatic ring is 1. The summed E-state index contributed by atoms with van der Waals surface area (Å²) in [6.07, 6.45) is 0.726.